The highest BCUT2D eigenvalue weighted by atomic mass is 17.1. The van der Waals surface area contributed by atoms with E-state index in [9.17, 15) is 4.79 Å². The number of hydrogen-bond donors (Lipinski definition) is 2. The van der Waals surface area contributed by atoms with E-state index >= 15 is 0 Å². The maximum absolute atomic E-state index is 10.3. The Labute approximate surface area is 146 Å². The summed E-state index contributed by atoms with van der Waals surface area (Å²) in [5.41, 5.74) is 0. The molecule has 0 saturated carbocycles. The maximum Gasteiger partial charge on any atom is 0.303 e. The number of aliphatic carboxylic acids is 1. The fourth-order valence-corrected chi connectivity index (χ4v) is 2.05. The molecule has 0 aromatic carbocycles. The lowest BCUT2D eigenvalue weighted by molar-refractivity contribution is -0.242. The van der Waals surface area contributed by atoms with Crippen molar-refractivity contribution >= 4 is 5.97 Å². The third-order valence-electron chi connectivity index (χ3n) is 3.38. The third-order valence-corrected chi connectivity index (χ3v) is 3.38. The number of allylic oxidation sites excluding steroid dienone is 8. The van der Waals surface area contributed by atoms with Gasteiger partial charge in [-0.1, -0.05) is 61.4 Å². The van der Waals surface area contributed by atoms with E-state index in [1.54, 1.807) is 0 Å². The van der Waals surface area contributed by atoms with Crippen molar-refractivity contribution < 1.29 is 20.0 Å². The van der Waals surface area contributed by atoms with Crippen LogP contribution in [0.3, 0.4) is 0 Å². The van der Waals surface area contributed by atoms with Crippen LogP contribution in [0.25, 0.3) is 0 Å². The van der Waals surface area contributed by atoms with Gasteiger partial charge >= 0.3 is 5.97 Å². The Morgan fingerprint density at radius 2 is 1.38 bits per heavy atom. The molecule has 0 amide bonds. The lowest BCUT2D eigenvalue weighted by Gasteiger charge is -1.96. The van der Waals surface area contributed by atoms with Gasteiger partial charge in [0.05, 0.1) is 6.61 Å². The summed E-state index contributed by atoms with van der Waals surface area (Å²) in [7, 11) is 0. The van der Waals surface area contributed by atoms with Gasteiger partial charge in [0.25, 0.3) is 0 Å². The van der Waals surface area contributed by atoms with Crippen LogP contribution in [0.1, 0.15) is 64.2 Å². The van der Waals surface area contributed by atoms with Crippen molar-refractivity contribution in [3.05, 3.63) is 48.6 Å². The molecule has 0 aromatic heterocycles. The fourth-order valence-electron chi connectivity index (χ4n) is 2.05. The molecular weight excluding hydrogens is 304 g/mol. The summed E-state index contributed by atoms with van der Waals surface area (Å²) in [6.07, 6.45) is 25.9. The quantitative estimate of drug-likeness (QED) is 0.125. The predicted molar refractivity (Wildman–Crippen MR) is 98.9 cm³/mol. The van der Waals surface area contributed by atoms with E-state index in [1.807, 2.05) is 6.08 Å². The zero-order valence-corrected chi connectivity index (χ0v) is 14.6. The molecule has 0 radical (unpaired) electrons. The molecular formula is C20H32O4. The molecule has 0 aromatic rings. The lowest BCUT2D eigenvalue weighted by atomic mass is 10.1. The molecule has 0 unspecified atom stereocenters. The van der Waals surface area contributed by atoms with E-state index in [1.165, 1.54) is 12.8 Å². The number of carboxylic acids is 1. The number of carbonyl (C=O) groups is 1. The number of carboxylic acid groups (broad SMARTS) is 1. The van der Waals surface area contributed by atoms with Crippen LogP contribution in [0.4, 0.5) is 0 Å². The zero-order chi connectivity index (χ0) is 17.7. The van der Waals surface area contributed by atoms with Crippen LogP contribution in [0.5, 0.6) is 0 Å². The largest absolute Gasteiger partial charge is 0.481 e. The first-order chi connectivity index (χ1) is 11.8. The topological polar surface area (TPSA) is 66.8 Å². The van der Waals surface area contributed by atoms with Crippen molar-refractivity contribution in [2.75, 3.05) is 6.61 Å². The molecule has 0 aliphatic carbocycles. The molecule has 2 N–H and O–H groups in total. The summed E-state index contributed by atoms with van der Waals surface area (Å²) in [6.45, 7) is 0.437. The Balaban J connectivity index is 3.39. The van der Waals surface area contributed by atoms with E-state index < -0.39 is 5.97 Å². The molecule has 4 nitrogen and oxygen atoms in total. The minimum atomic E-state index is -0.725. The first kappa shape index (κ1) is 22.4. The SMILES string of the molecule is O=C(O)CCC/C=C\C/C=C\C/C=C\C=C\CCCCCCOO. The third kappa shape index (κ3) is 20.3. The molecule has 0 bridgehead atoms. The van der Waals surface area contributed by atoms with Gasteiger partial charge in [-0.3, -0.25) is 10.1 Å². The van der Waals surface area contributed by atoms with Crippen LogP contribution < -0.4 is 0 Å². The van der Waals surface area contributed by atoms with Crippen molar-refractivity contribution in [2.24, 2.45) is 0 Å². The predicted octanol–water partition coefficient (Wildman–Crippen LogP) is 5.69. The first-order valence-electron chi connectivity index (χ1n) is 8.87. The van der Waals surface area contributed by atoms with Gasteiger partial charge in [0.1, 0.15) is 0 Å². The Morgan fingerprint density at radius 1 is 0.750 bits per heavy atom. The number of unbranched alkanes of at least 4 members (excludes halogenated alkanes) is 5. The maximum atomic E-state index is 10.3. The average Bonchev–Trinajstić information content (AvgIpc) is 2.56. The van der Waals surface area contributed by atoms with Gasteiger partial charge in [-0.25, -0.2) is 4.89 Å². The highest BCUT2D eigenvalue weighted by Crippen LogP contribution is 2.04. The number of rotatable bonds is 16. The molecule has 0 atom stereocenters. The van der Waals surface area contributed by atoms with E-state index in [2.05, 4.69) is 47.4 Å². The Hall–Kier alpha value is -1.65. The molecule has 136 valence electrons. The van der Waals surface area contributed by atoms with Crippen LogP contribution in [0, 0.1) is 0 Å². The van der Waals surface area contributed by atoms with Crippen molar-refractivity contribution in [1.29, 1.82) is 0 Å². The van der Waals surface area contributed by atoms with Crippen molar-refractivity contribution in [2.45, 2.75) is 64.2 Å². The molecule has 4 heteroatoms. The van der Waals surface area contributed by atoms with E-state index in [4.69, 9.17) is 10.4 Å². The molecule has 0 aliphatic heterocycles. The van der Waals surface area contributed by atoms with Gasteiger partial charge in [-0.15, -0.1) is 0 Å². The zero-order valence-electron chi connectivity index (χ0n) is 14.6. The molecule has 24 heavy (non-hydrogen) atoms. The monoisotopic (exact) mass is 336 g/mol. The van der Waals surface area contributed by atoms with Gasteiger partial charge in [0, 0.05) is 6.42 Å². The summed E-state index contributed by atoms with van der Waals surface area (Å²) in [5, 5.41) is 16.7. The lowest BCUT2D eigenvalue weighted by Crippen LogP contribution is -1.92. The van der Waals surface area contributed by atoms with E-state index in [0.29, 0.717) is 13.0 Å². The second kappa shape index (κ2) is 19.4. The van der Waals surface area contributed by atoms with Gasteiger partial charge in [0.2, 0.25) is 0 Å². The summed E-state index contributed by atoms with van der Waals surface area (Å²) >= 11 is 0. The smallest absolute Gasteiger partial charge is 0.303 e. The van der Waals surface area contributed by atoms with Crippen LogP contribution in [-0.2, 0) is 9.68 Å². The van der Waals surface area contributed by atoms with Crippen molar-refractivity contribution in [3.63, 3.8) is 0 Å². The van der Waals surface area contributed by atoms with Gasteiger partial charge in [-0.2, -0.15) is 0 Å². The standard InChI is InChI=1S/C20H32O4/c21-20(22)18-16-14-12-10-8-6-4-2-1-3-5-7-9-11-13-15-17-19-24-23/h1,3-7,10,12,23H,2,8-9,11,13-19H2,(H,21,22)/b3-1-,6-4-,7-5+,12-10-. The minimum absolute atomic E-state index is 0.247. The number of hydrogen-bond acceptors (Lipinski definition) is 3. The van der Waals surface area contributed by atoms with Gasteiger partial charge in [0.15, 0.2) is 0 Å². The normalized spacial score (nSPS) is 12.4. The highest BCUT2D eigenvalue weighted by molar-refractivity contribution is 5.66. The van der Waals surface area contributed by atoms with Crippen LogP contribution >= 0.6 is 0 Å². The summed E-state index contributed by atoms with van der Waals surface area (Å²) < 4.78 is 0. The van der Waals surface area contributed by atoms with E-state index in [-0.39, 0.29) is 6.42 Å². The van der Waals surface area contributed by atoms with Crippen molar-refractivity contribution in [1.82, 2.24) is 0 Å². The Morgan fingerprint density at radius 3 is 2.12 bits per heavy atom. The fraction of sp³-hybridized carbons (Fsp3) is 0.550. The summed E-state index contributed by atoms with van der Waals surface area (Å²) in [4.78, 5) is 14.4. The average molecular weight is 336 g/mol. The molecule has 0 spiro atoms. The van der Waals surface area contributed by atoms with Crippen LogP contribution in [0.2, 0.25) is 0 Å². The molecule has 0 rings (SSSR count). The molecule has 0 fully saturated rings. The Bertz CT molecular complexity index is 394. The highest BCUT2D eigenvalue weighted by Gasteiger charge is 1.92. The molecule has 0 heterocycles. The van der Waals surface area contributed by atoms with Gasteiger partial charge < -0.3 is 5.11 Å². The Kier molecular flexibility index (Phi) is 18.1. The minimum Gasteiger partial charge on any atom is -0.481 e. The molecule has 0 aliphatic rings. The second-order valence-electron chi connectivity index (χ2n) is 5.59. The van der Waals surface area contributed by atoms with Crippen molar-refractivity contribution in [3.8, 4) is 0 Å². The first-order valence-corrected chi connectivity index (χ1v) is 8.87. The summed E-state index contributed by atoms with van der Waals surface area (Å²) in [6, 6.07) is 0. The molecule has 0 saturated heterocycles. The van der Waals surface area contributed by atoms with E-state index in [0.717, 1.165) is 38.5 Å². The van der Waals surface area contributed by atoms with Crippen LogP contribution in [-0.4, -0.2) is 22.9 Å². The van der Waals surface area contributed by atoms with Crippen LogP contribution in [0.15, 0.2) is 48.6 Å². The van der Waals surface area contributed by atoms with Gasteiger partial charge in [-0.05, 0) is 44.9 Å². The summed E-state index contributed by atoms with van der Waals surface area (Å²) in [5.74, 6) is -0.725. The second-order valence-corrected chi connectivity index (χ2v) is 5.59.